The summed E-state index contributed by atoms with van der Waals surface area (Å²) < 4.78 is 10.8. The Morgan fingerprint density at radius 3 is 2.83 bits per heavy atom. The molecule has 1 saturated heterocycles. The van der Waals surface area contributed by atoms with E-state index in [4.69, 9.17) is 21.1 Å². The van der Waals surface area contributed by atoms with Crippen molar-refractivity contribution >= 4 is 40.9 Å². The fourth-order valence-electron chi connectivity index (χ4n) is 3.33. The molecule has 1 N–H and O–H groups in total. The van der Waals surface area contributed by atoms with Crippen LogP contribution in [0.2, 0.25) is 5.02 Å². The lowest BCUT2D eigenvalue weighted by atomic mass is 10.1. The molecule has 3 rings (SSSR count). The number of nitrogens with one attached hydrogen (secondary N) is 1. The second-order valence-electron chi connectivity index (χ2n) is 6.84. The van der Waals surface area contributed by atoms with Crippen molar-refractivity contribution in [1.29, 1.82) is 0 Å². The topological polar surface area (TPSA) is 67.9 Å². The molecule has 0 spiro atoms. The number of hydrogen-bond donors (Lipinski definition) is 1. The molecule has 0 bridgehead atoms. The number of anilines is 2. The highest BCUT2D eigenvalue weighted by Gasteiger charge is 2.19. The Morgan fingerprint density at radius 2 is 2.10 bits per heavy atom. The summed E-state index contributed by atoms with van der Waals surface area (Å²) in [5.41, 5.74) is 2.14. The van der Waals surface area contributed by atoms with Gasteiger partial charge in [-0.1, -0.05) is 17.7 Å². The monoisotopic (exact) mass is 428 g/mol. The van der Waals surface area contributed by atoms with E-state index in [-0.39, 0.29) is 11.8 Å². The third-order valence-electron chi connectivity index (χ3n) is 4.71. The number of piperidine rings is 1. The quantitative estimate of drug-likeness (QED) is 0.636. The van der Waals surface area contributed by atoms with Crippen LogP contribution >= 0.6 is 11.6 Å². The summed E-state index contributed by atoms with van der Waals surface area (Å²) in [6.07, 6.45) is 5.55. The molecule has 0 saturated carbocycles. The zero-order chi connectivity index (χ0) is 21.5. The van der Waals surface area contributed by atoms with Crippen LogP contribution in [0.4, 0.5) is 11.4 Å². The van der Waals surface area contributed by atoms with Crippen molar-refractivity contribution in [2.45, 2.75) is 26.2 Å². The summed E-state index contributed by atoms with van der Waals surface area (Å²) >= 11 is 6.25. The van der Waals surface area contributed by atoms with Crippen molar-refractivity contribution in [3.05, 3.63) is 53.1 Å². The van der Waals surface area contributed by atoms with Crippen molar-refractivity contribution < 1.29 is 19.1 Å². The predicted octanol–water partition coefficient (Wildman–Crippen LogP) is 4.92. The van der Waals surface area contributed by atoms with Crippen LogP contribution < -0.4 is 19.7 Å². The van der Waals surface area contributed by atoms with Gasteiger partial charge in [0.15, 0.2) is 11.5 Å². The minimum absolute atomic E-state index is 0.117. The lowest BCUT2D eigenvalue weighted by molar-refractivity contribution is -0.119. The van der Waals surface area contributed by atoms with E-state index in [1.807, 2.05) is 25.1 Å². The van der Waals surface area contributed by atoms with E-state index in [1.54, 1.807) is 29.2 Å². The number of carbonyl (C=O) groups excluding carboxylic acids is 2. The first kappa shape index (κ1) is 21.7. The molecule has 30 heavy (non-hydrogen) atoms. The molecular weight excluding hydrogens is 404 g/mol. The van der Waals surface area contributed by atoms with Gasteiger partial charge in [0.1, 0.15) is 0 Å². The molecule has 0 atom stereocenters. The van der Waals surface area contributed by atoms with Gasteiger partial charge in [-0.25, -0.2) is 0 Å². The smallest absolute Gasteiger partial charge is 0.248 e. The number of rotatable bonds is 7. The van der Waals surface area contributed by atoms with E-state index in [0.29, 0.717) is 47.3 Å². The summed E-state index contributed by atoms with van der Waals surface area (Å²) in [4.78, 5) is 26.3. The van der Waals surface area contributed by atoms with Gasteiger partial charge < -0.3 is 19.7 Å². The highest BCUT2D eigenvalue weighted by molar-refractivity contribution is 6.32. The number of amides is 2. The number of hydrogen-bond acceptors (Lipinski definition) is 4. The van der Waals surface area contributed by atoms with Gasteiger partial charge >= 0.3 is 0 Å². The van der Waals surface area contributed by atoms with Crippen molar-refractivity contribution in [3.8, 4) is 11.5 Å². The van der Waals surface area contributed by atoms with E-state index < -0.39 is 0 Å². The summed E-state index contributed by atoms with van der Waals surface area (Å²) in [5.74, 6) is 0.809. The predicted molar refractivity (Wildman–Crippen MR) is 119 cm³/mol. The van der Waals surface area contributed by atoms with Crippen LogP contribution in [0.5, 0.6) is 11.5 Å². The minimum Gasteiger partial charge on any atom is -0.491 e. The van der Waals surface area contributed by atoms with E-state index in [2.05, 4.69) is 5.32 Å². The number of carbonyl (C=O) groups is 2. The molecule has 2 aromatic rings. The SMILES string of the molecule is CCOc1cc(/C=C/C(=O)Nc2cccc(N3CCCCC3=O)c2)cc(Cl)c1OC. The Labute approximate surface area is 181 Å². The summed E-state index contributed by atoms with van der Waals surface area (Å²) in [6.45, 7) is 3.04. The molecular formula is C23H25ClN2O4. The van der Waals surface area contributed by atoms with Crippen molar-refractivity contribution in [2.75, 3.05) is 30.5 Å². The average Bonchev–Trinajstić information content (AvgIpc) is 2.73. The average molecular weight is 429 g/mol. The van der Waals surface area contributed by atoms with Gasteiger partial charge in [0.2, 0.25) is 11.8 Å². The zero-order valence-corrected chi connectivity index (χ0v) is 17.9. The minimum atomic E-state index is -0.290. The first-order valence-electron chi connectivity index (χ1n) is 9.91. The van der Waals surface area contributed by atoms with E-state index >= 15 is 0 Å². The lowest BCUT2D eigenvalue weighted by Crippen LogP contribution is -2.35. The molecule has 1 fully saturated rings. The van der Waals surface area contributed by atoms with Crippen molar-refractivity contribution in [2.24, 2.45) is 0 Å². The molecule has 1 aliphatic rings. The fourth-order valence-corrected chi connectivity index (χ4v) is 3.63. The molecule has 0 aliphatic carbocycles. The van der Waals surface area contributed by atoms with Crippen LogP contribution in [0.3, 0.4) is 0 Å². The van der Waals surface area contributed by atoms with Gasteiger partial charge in [-0.15, -0.1) is 0 Å². The first-order valence-corrected chi connectivity index (χ1v) is 10.3. The highest BCUT2D eigenvalue weighted by atomic mass is 35.5. The Hall–Kier alpha value is -2.99. The maximum absolute atomic E-state index is 12.4. The van der Waals surface area contributed by atoms with E-state index in [0.717, 1.165) is 18.5 Å². The van der Waals surface area contributed by atoms with Crippen LogP contribution in [0.25, 0.3) is 6.08 Å². The van der Waals surface area contributed by atoms with Gasteiger partial charge in [0.05, 0.1) is 18.7 Å². The normalized spacial score (nSPS) is 14.1. The summed E-state index contributed by atoms with van der Waals surface area (Å²) in [6, 6.07) is 10.8. The van der Waals surface area contributed by atoms with Crippen LogP contribution in [0, 0.1) is 0 Å². The number of halogens is 1. The first-order chi connectivity index (χ1) is 14.5. The maximum atomic E-state index is 12.4. The highest BCUT2D eigenvalue weighted by Crippen LogP contribution is 2.36. The third-order valence-corrected chi connectivity index (χ3v) is 4.99. The molecule has 0 unspecified atom stereocenters. The van der Waals surface area contributed by atoms with Gasteiger partial charge in [-0.2, -0.15) is 0 Å². The number of nitrogens with zero attached hydrogens (tertiary/aromatic N) is 1. The molecule has 1 heterocycles. The molecule has 1 aliphatic heterocycles. The Bertz CT molecular complexity index is 958. The molecule has 6 nitrogen and oxygen atoms in total. The van der Waals surface area contributed by atoms with Crippen LogP contribution in [-0.2, 0) is 9.59 Å². The molecule has 2 aromatic carbocycles. The molecule has 158 valence electrons. The Balaban J connectivity index is 1.71. The van der Waals surface area contributed by atoms with Crippen molar-refractivity contribution in [1.82, 2.24) is 0 Å². The maximum Gasteiger partial charge on any atom is 0.248 e. The number of methoxy groups -OCH3 is 1. The fraction of sp³-hybridized carbons (Fsp3) is 0.304. The van der Waals surface area contributed by atoms with Gasteiger partial charge in [0, 0.05) is 30.4 Å². The standard InChI is InChI=1S/C23H25ClN2O4/c1-3-30-20-14-16(13-19(24)23(20)29-2)10-11-21(27)25-17-7-6-8-18(15-17)26-12-5-4-9-22(26)28/h6-8,10-11,13-15H,3-5,9,12H2,1-2H3,(H,25,27)/b11-10+. The van der Waals surface area contributed by atoms with Crippen LogP contribution in [-0.4, -0.2) is 32.1 Å². The second-order valence-corrected chi connectivity index (χ2v) is 7.25. The number of ether oxygens (including phenoxy) is 2. The second kappa shape index (κ2) is 10.2. The Kier molecular flexibility index (Phi) is 7.36. The van der Waals surface area contributed by atoms with Crippen LogP contribution in [0.15, 0.2) is 42.5 Å². The Morgan fingerprint density at radius 1 is 1.27 bits per heavy atom. The van der Waals surface area contributed by atoms with E-state index in [1.165, 1.54) is 13.2 Å². The number of benzene rings is 2. The summed E-state index contributed by atoms with van der Waals surface area (Å²) in [7, 11) is 1.53. The molecule has 0 radical (unpaired) electrons. The molecule has 0 aromatic heterocycles. The van der Waals surface area contributed by atoms with Gasteiger partial charge in [-0.05, 0) is 61.7 Å². The molecule has 2 amide bonds. The lowest BCUT2D eigenvalue weighted by Gasteiger charge is -2.27. The molecule has 7 heteroatoms. The summed E-state index contributed by atoms with van der Waals surface area (Å²) in [5, 5.41) is 3.24. The third kappa shape index (κ3) is 5.33. The van der Waals surface area contributed by atoms with Crippen LogP contribution in [0.1, 0.15) is 31.7 Å². The van der Waals surface area contributed by atoms with Crippen molar-refractivity contribution in [3.63, 3.8) is 0 Å². The van der Waals surface area contributed by atoms with E-state index in [9.17, 15) is 9.59 Å². The van der Waals surface area contributed by atoms with Gasteiger partial charge in [0.25, 0.3) is 0 Å². The largest absolute Gasteiger partial charge is 0.491 e. The zero-order valence-electron chi connectivity index (χ0n) is 17.1. The van der Waals surface area contributed by atoms with Gasteiger partial charge in [-0.3, -0.25) is 9.59 Å².